The van der Waals surface area contributed by atoms with Crippen LogP contribution in [0.5, 0.6) is 5.75 Å². The number of carbonyl (C=O) groups excluding carboxylic acids is 2. The lowest BCUT2D eigenvalue weighted by atomic mass is 10.1. The van der Waals surface area contributed by atoms with Crippen LogP contribution in [-0.4, -0.2) is 36.4 Å². The molecule has 0 aromatic heterocycles. The summed E-state index contributed by atoms with van der Waals surface area (Å²) in [7, 11) is 1.54. The summed E-state index contributed by atoms with van der Waals surface area (Å²) >= 11 is 16.1. The van der Waals surface area contributed by atoms with Crippen molar-refractivity contribution in [2.45, 2.75) is 39.8 Å². The van der Waals surface area contributed by atoms with Crippen molar-refractivity contribution < 1.29 is 14.3 Å². The molecule has 2 aromatic rings. The molecule has 0 heterocycles. The van der Waals surface area contributed by atoms with E-state index in [9.17, 15) is 9.59 Å². The molecule has 0 aliphatic rings. The third-order valence-electron chi connectivity index (χ3n) is 4.79. The Morgan fingerprint density at radius 2 is 1.73 bits per heavy atom. The van der Waals surface area contributed by atoms with Crippen LogP contribution in [-0.2, 0) is 16.1 Å². The van der Waals surface area contributed by atoms with Gasteiger partial charge in [-0.15, -0.1) is 0 Å². The molecular weight excluding hydrogens is 491 g/mol. The number of amides is 2. The number of hydrogen-bond acceptors (Lipinski definition) is 3. The van der Waals surface area contributed by atoms with Crippen molar-refractivity contribution >= 4 is 50.9 Å². The summed E-state index contributed by atoms with van der Waals surface area (Å²) < 4.78 is 6.76. The number of halogens is 3. The van der Waals surface area contributed by atoms with Crippen LogP contribution in [0.25, 0.3) is 0 Å². The first-order valence-corrected chi connectivity index (χ1v) is 11.1. The van der Waals surface area contributed by atoms with Crippen molar-refractivity contribution in [2.75, 3.05) is 13.7 Å². The van der Waals surface area contributed by atoms with E-state index in [1.807, 2.05) is 32.9 Å². The maximum Gasteiger partial charge on any atom is 0.261 e. The molecular formula is C22H25BrCl2N2O3. The highest BCUT2D eigenvalue weighted by Gasteiger charge is 2.29. The lowest BCUT2D eigenvalue weighted by Gasteiger charge is -2.30. The molecule has 0 fully saturated rings. The van der Waals surface area contributed by atoms with Crippen LogP contribution < -0.4 is 10.1 Å². The molecule has 0 aliphatic carbocycles. The number of aryl methyl sites for hydroxylation is 2. The standard InChI is InChI=1S/C22H25BrCl2N2O3/c1-5-19(22(29)26-4)27(11-16-17(24)7-6-8-18(16)25)20(28)12-30-15-9-13(2)21(23)14(3)10-15/h6-10,19H,5,11-12H2,1-4H3,(H,26,29). The minimum Gasteiger partial charge on any atom is -0.484 e. The summed E-state index contributed by atoms with van der Waals surface area (Å²) in [6.07, 6.45) is 0.435. The van der Waals surface area contributed by atoms with Gasteiger partial charge in [-0.25, -0.2) is 0 Å². The molecule has 2 aromatic carbocycles. The zero-order valence-corrected chi connectivity index (χ0v) is 20.5. The molecule has 0 saturated heterocycles. The Labute approximate surface area is 195 Å². The van der Waals surface area contributed by atoms with E-state index in [0.29, 0.717) is 27.8 Å². The predicted octanol–water partition coefficient (Wildman–Crippen LogP) is 5.30. The minimum atomic E-state index is -0.674. The van der Waals surface area contributed by atoms with Crippen molar-refractivity contribution in [1.82, 2.24) is 10.2 Å². The molecule has 0 bridgehead atoms. The van der Waals surface area contributed by atoms with E-state index in [4.69, 9.17) is 27.9 Å². The fourth-order valence-corrected chi connectivity index (χ4v) is 3.90. The van der Waals surface area contributed by atoms with Gasteiger partial charge >= 0.3 is 0 Å². The molecule has 0 spiro atoms. The third kappa shape index (κ3) is 5.90. The molecule has 1 N–H and O–H groups in total. The van der Waals surface area contributed by atoms with Gasteiger partial charge in [-0.1, -0.05) is 52.1 Å². The smallest absolute Gasteiger partial charge is 0.261 e. The number of nitrogens with zero attached hydrogens (tertiary/aromatic N) is 1. The van der Waals surface area contributed by atoms with E-state index >= 15 is 0 Å². The zero-order chi connectivity index (χ0) is 22.4. The SMILES string of the molecule is CCC(C(=O)NC)N(Cc1c(Cl)cccc1Cl)C(=O)COc1cc(C)c(Br)c(C)c1. The second-order valence-corrected chi connectivity index (χ2v) is 8.53. The van der Waals surface area contributed by atoms with Crippen LogP contribution in [0, 0.1) is 13.8 Å². The molecule has 0 radical (unpaired) electrons. The molecule has 2 amide bonds. The number of nitrogens with one attached hydrogen (secondary N) is 1. The molecule has 0 aliphatic heterocycles. The van der Waals surface area contributed by atoms with Crippen LogP contribution in [0.15, 0.2) is 34.8 Å². The average Bonchev–Trinajstić information content (AvgIpc) is 2.71. The van der Waals surface area contributed by atoms with Gasteiger partial charge in [0, 0.05) is 33.7 Å². The molecule has 30 heavy (non-hydrogen) atoms. The van der Waals surface area contributed by atoms with Gasteiger partial charge in [-0.2, -0.15) is 0 Å². The first-order chi connectivity index (χ1) is 14.2. The molecule has 8 heteroatoms. The summed E-state index contributed by atoms with van der Waals surface area (Å²) in [4.78, 5) is 27.0. The molecule has 5 nitrogen and oxygen atoms in total. The lowest BCUT2D eigenvalue weighted by Crippen LogP contribution is -2.49. The largest absolute Gasteiger partial charge is 0.484 e. The van der Waals surface area contributed by atoms with Gasteiger partial charge in [0.15, 0.2) is 6.61 Å². The van der Waals surface area contributed by atoms with Crippen LogP contribution in [0.1, 0.15) is 30.0 Å². The van der Waals surface area contributed by atoms with E-state index in [1.54, 1.807) is 25.2 Å². The van der Waals surface area contributed by atoms with Gasteiger partial charge in [-0.3, -0.25) is 9.59 Å². The molecule has 0 saturated carbocycles. The van der Waals surface area contributed by atoms with Gasteiger partial charge in [0.2, 0.25) is 5.91 Å². The quantitative estimate of drug-likeness (QED) is 0.518. The molecule has 1 atom stereocenters. The normalized spacial score (nSPS) is 11.7. The maximum atomic E-state index is 13.1. The van der Waals surface area contributed by atoms with Crippen LogP contribution in [0.2, 0.25) is 10.0 Å². The third-order valence-corrected chi connectivity index (χ3v) is 6.75. The highest BCUT2D eigenvalue weighted by Crippen LogP contribution is 2.28. The van der Waals surface area contributed by atoms with Gasteiger partial charge in [0.05, 0.1) is 0 Å². The summed E-state index contributed by atoms with van der Waals surface area (Å²) in [5.41, 5.74) is 2.61. The van der Waals surface area contributed by atoms with Crippen molar-refractivity contribution in [2.24, 2.45) is 0 Å². The first kappa shape index (κ1) is 24.5. The fourth-order valence-electron chi connectivity index (χ4n) is 3.16. The second-order valence-electron chi connectivity index (χ2n) is 6.92. The summed E-state index contributed by atoms with van der Waals surface area (Å²) in [5.74, 6) is -0.00529. The maximum absolute atomic E-state index is 13.1. The number of benzene rings is 2. The fraction of sp³-hybridized carbons (Fsp3) is 0.364. The second kappa shape index (κ2) is 11.0. The van der Waals surface area contributed by atoms with Crippen LogP contribution >= 0.6 is 39.1 Å². The molecule has 2 rings (SSSR count). The summed E-state index contributed by atoms with van der Waals surface area (Å²) in [6, 6.07) is 8.18. The van der Waals surface area contributed by atoms with Crippen LogP contribution in [0.4, 0.5) is 0 Å². The van der Waals surface area contributed by atoms with Gasteiger partial charge in [0.1, 0.15) is 11.8 Å². The Hall–Kier alpha value is -1.76. The Balaban J connectivity index is 2.29. The van der Waals surface area contributed by atoms with E-state index in [1.165, 1.54) is 4.90 Å². The lowest BCUT2D eigenvalue weighted by molar-refractivity contribution is -0.142. The average molecular weight is 516 g/mol. The Bertz CT molecular complexity index is 893. The predicted molar refractivity (Wildman–Crippen MR) is 124 cm³/mol. The Kier molecular flexibility index (Phi) is 9.01. The summed E-state index contributed by atoms with van der Waals surface area (Å²) in [6.45, 7) is 5.64. The topological polar surface area (TPSA) is 58.6 Å². The minimum absolute atomic E-state index is 0.102. The molecule has 162 valence electrons. The molecule has 1 unspecified atom stereocenters. The van der Waals surface area contributed by atoms with E-state index in [0.717, 1.165) is 15.6 Å². The number of carbonyl (C=O) groups is 2. The van der Waals surface area contributed by atoms with E-state index in [-0.39, 0.29) is 25.0 Å². The van der Waals surface area contributed by atoms with Crippen molar-refractivity contribution in [3.8, 4) is 5.75 Å². The van der Waals surface area contributed by atoms with Gasteiger partial charge in [-0.05, 0) is 55.7 Å². The zero-order valence-electron chi connectivity index (χ0n) is 17.4. The van der Waals surface area contributed by atoms with Crippen molar-refractivity contribution in [3.05, 3.63) is 61.5 Å². The highest BCUT2D eigenvalue weighted by atomic mass is 79.9. The Morgan fingerprint density at radius 3 is 2.23 bits per heavy atom. The van der Waals surface area contributed by atoms with Crippen molar-refractivity contribution in [3.63, 3.8) is 0 Å². The summed E-state index contributed by atoms with van der Waals surface area (Å²) in [5, 5.41) is 3.49. The number of rotatable bonds is 8. The van der Waals surface area contributed by atoms with Crippen molar-refractivity contribution in [1.29, 1.82) is 0 Å². The monoisotopic (exact) mass is 514 g/mol. The first-order valence-electron chi connectivity index (χ1n) is 9.53. The van der Waals surface area contributed by atoms with E-state index < -0.39 is 6.04 Å². The van der Waals surface area contributed by atoms with Gasteiger partial charge in [0.25, 0.3) is 5.91 Å². The highest BCUT2D eigenvalue weighted by molar-refractivity contribution is 9.10. The number of hydrogen-bond donors (Lipinski definition) is 1. The van der Waals surface area contributed by atoms with Gasteiger partial charge < -0.3 is 15.0 Å². The number of ether oxygens (including phenoxy) is 1. The van der Waals surface area contributed by atoms with E-state index in [2.05, 4.69) is 21.2 Å². The van der Waals surface area contributed by atoms with Crippen LogP contribution in [0.3, 0.4) is 0 Å². The Morgan fingerprint density at radius 1 is 1.17 bits per heavy atom. The number of likely N-dealkylation sites (N-methyl/N-ethyl adjacent to an activating group) is 1.